The Kier molecular flexibility index (Phi) is 5.03. The summed E-state index contributed by atoms with van der Waals surface area (Å²) in [6.45, 7) is 4.20. The standard InChI is InChI=1S/C20H16N2OS2/c1-13(2)16-5-3-4-6-17(16)22-19(23)18(25-20(22)24)11-14-7-9-15(12-21)10-8-14/h3-11,13H,1-2H3/b18-11-. The minimum atomic E-state index is -0.104. The largest absolute Gasteiger partial charge is 0.270 e. The number of carbonyl (C=O) groups excluding carboxylic acids is 1. The first-order valence-electron chi connectivity index (χ1n) is 7.88. The van der Waals surface area contributed by atoms with Gasteiger partial charge in [-0.05, 0) is 41.3 Å². The van der Waals surface area contributed by atoms with E-state index >= 15 is 0 Å². The van der Waals surface area contributed by atoms with Crippen LogP contribution in [0.25, 0.3) is 6.08 Å². The second-order valence-electron chi connectivity index (χ2n) is 5.96. The Morgan fingerprint density at radius 1 is 1.16 bits per heavy atom. The Hall–Kier alpha value is -2.42. The second kappa shape index (κ2) is 7.22. The molecule has 25 heavy (non-hydrogen) atoms. The summed E-state index contributed by atoms with van der Waals surface area (Å²) in [5.41, 5.74) is 3.41. The van der Waals surface area contributed by atoms with E-state index in [4.69, 9.17) is 17.5 Å². The van der Waals surface area contributed by atoms with Gasteiger partial charge in [0.25, 0.3) is 5.91 Å². The fraction of sp³-hybridized carbons (Fsp3) is 0.150. The molecule has 124 valence electrons. The van der Waals surface area contributed by atoms with Gasteiger partial charge in [0.05, 0.1) is 22.2 Å². The van der Waals surface area contributed by atoms with Gasteiger partial charge in [0.15, 0.2) is 4.32 Å². The number of hydrogen-bond acceptors (Lipinski definition) is 4. The number of benzene rings is 2. The zero-order valence-corrected chi connectivity index (χ0v) is 15.5. The topological polar surface area (TPSA) is 44.1 Å². The Bertz CT molecular complexity index is 908. The van der Waals surface area contributed by atoms with Crippen molar-refractivity contribution in [1.82, 2.24) is 0 Å². The molecule has 0 atom stereocenters. The maximum atomic E-state index is 12.9. The van der Waals surface area contributed by atoms with Crippen LogP contribution < -0.4 is 4.90 Å². The minimum Gasteiger partial charge on any atom is -0.268 e. The molecule has 1 aliphatic rings. The van der Waals surface area contributed by atoms with Crippen LogP contribution in [-0.4, -0.2) is 10.2 Å². The van der Waals surface area contributed by atoms with Gasteiger partial charge < -0.3 is 0 Å². The zero-order chi connectivity index (χ0) is 18.0. The number of nitriles is 1. The highest BCUT2D eigenvalue weighted by Gasteiger charge is 2.34. The quantitative estimate of drug-likeness (QED) is 0.562. The van der Waals surface area contributed by atoms with E-state index in [0.29, 0.717) is 20.7 Å². The zero-order valence-electron chi connectivity index (χ0n) is 13.9. The lowest BCUT2D eigenvalue weighted by molar-refractivity contribution is -0.113. The van der Waals surface area contributed by atoms with Crippen LogP contribution in [0.15, 0.2) is 53.4 Å². The van der Waals surface area contributed by atoms with Crippen LogP contribution in [0.1, 0.15) is 36.5 Å². The summed E-state index contributed by atoms with van der Waals surface area (Å²) in [4.78, 5) is 15.1. The van der Waals surface area contributed by atoms with Crippen molar-refractivity contribution in [2.24, 2.45) is 0 Å². The Labute approximate surface area is 157 Å². The molecule has 1 saturated heterocycles. The maximum Gasteiger partial charge on any atom is 0.270 e. The van der Waals surface area contributed by atoms with Crippen molar-refractivity contribution in [2.75, 3.05) is 4.90 Å². The number of thioether (sulfide) groups is 1. The van der Waals surface area contributed by atoms with E-state index in [2.05, 4.69) is 19.9 Å². The van der Waals surface area contributed by atoms with Gasteiger partial charge in [-0.25, -0.2) is 0 Å². The molecule has 3 nitrogen and oxygen atoms in total. The molecular formula is C20H16N2OS2. The number of para-hydroxylation sites is 1. The van der Waals surface area contributed by atoms with Gasteiger partial charge in [-0.2, -0.15) is 5.26 Å². The fourth-order valence-corrected chi connectivity index (χ4v) is 3.94. The first-order chi connectivity index (χ1) is 12.0. The van der Waals surface area contributed by atoms with Crippen molar-refractivity contribution >= 4 is 46.0 Å². The summed E-state index contributed by atoms with van der Waals surface area (Å²) in [6.07, 6.45) is 1.82. The van der Waals surface area contributed by atoms with Crippen LogP contribution in [-0.2, 0) is 4.79 Å². The van der Waals surface area contributed by atoms with Crippen LogP contribution in [0, 0.1) is 11.3 Å². The molecule has 0 aromatic heterocycles. The smallest absolute Gasteiger partial charge is 0.268 e. The highest BCUT2D eigenvalue weighted by atomic mass is 32.2. The second-order valence-corrected chi connectivity index (χ2v) is 7.64. The van der Waals surface area contributed by atoms with Gasteiger partial charge in [0.2, 0.25) is 0 Å². The maximum absolute atomic E-state index is 12.9. The van der Waals surface area contributed by atoms with Gasteiger partial charge in [0.1, 0.15) is 0 Å². The summed E-state index contributed by atoms with van der Waals surface area (Å²) in [6, 6.07) is 17.1. The van der Waals surface area contributed by atoms with Crippen molar-refractivity contribution in [1.29, 1.82) is 5.26 Å². The molecule has 1 heterocycles. The predicted molar refractivity (Wildman–Crippen MR) is 107 cm³/mol. The summed E-state index contributed by atoms with van der Waals surface area (Å²) in [5, 5.41) is 8.87. The predicted octanol–water partition coefficient (Wildman–Crippen LogP) is 5.09. The molecule has 3 rings (SSSR count). The summed E-state index contributed by atoms with van der Waals surface area (Å²) in [7, 11) is 0. The molecule has 2 aromatic rings. The molecule has 0 radical (unpaired) electrons. The molecule has 1 fully saturated rings. The summed E-state index contributed by atoms with van der Waals surface area (Å²) < 4.78 is 0.540. The van der Waals surface area contributed by atoms with Crippen molar-refractivity contribution in [3.63, 3.8) is 0 Å². The number of amides is 1. The molecule has 0 spiro atoms. The lowest BCUT2D eigenvalue weighted by Crippen LogP contribution is -2.28. The Balaban J connectivity index is 1.95. The number of nitrogens with zero attached hydrogens (tertiary/aromatic N) is 2. The van der Waals surface area contributed by atoms with Crippen LogP contribution in [0.5, 0.6) is 0 Å². The number of rotatable bonds is 3. The highest BCUT2D eigenvalue weighted by Crippen LogP contribution is 2.39. The molecule has 1 amide bonds. The van der Waals surface area contributed by atoms with Gasteiger partial charge in [-0.3, -0.25) is 9.69 Å². The normalized spacial score (nSPS) is 15.9. The first kappa shape index (κ1) is 17.4. The summed E-state index contributed by atoms with van der Waals surface area (Å²) in [5.74, 6) is 0.191. The molecule has 2 aromatic carbocycles. The fourth-order valence-electron chi connectivity index (χ4n) is 2.66. The number of hydrogen-bond donors (Lipinski definition) is 0. The van der Waals surface area contributed by atoms with Gasteiger partial charge >= 0.3 is 0 Å². The van der Waals surface area contributed by atoms with E-state index < -0.39 is 0 Å². The molecule has 5 heteroatoms. The molecular weight excluding hydrogens is 348 g/mol. The third kappa shape index (κ3) is 3.51. The van der Waals surface area contributed by atoms with Crippen LogP contribution in [0.4, 0.5) is 5.69 Å². The van der Waals surface area contributed by atoms with Crippen molar-refractivity contribution < 1.29 is 4.79 Å². The van der Waals surface area contributed by atoms with Crippen LogP contribution in [0.2, 0.25) is 0 Å². The molecule has 0 bridgehead atoms. The van der Waals surface area contributed by atoms with E-state index in [9.17, 15) is 4.79 Å². The molecule has 0 N–H and O–H groups in total. The Morgan fingerprint density at radius 3 is 2.48 bits per heavy atom. The van der Waals surface area contributed by atoms with E-state index in [1.54, 1.807) is 17.0 Å². The van der Waals surface area contributed by atoms with Crippen molar-refractivity contribution in [2.45, 2.75) is 19.8 Å². The van der Waals surface area contributed by atoms with Crippen LogP contribution >= 0.6 is 24.0 Å². The molecule has 0 saturated carbocycles. The number of thiocarbonyl (C=S) groups is 1. The monoisotopic (exact) mass is 364 g/mol. The Morgan fingerprint density at radius 2 is 1.84 bits per heavy atom. The van der Waals surface area contributed by atoms with Gasteiger partial charge in [-0.15, -0.1) is 0 Å². The highest BCUT2D eigenvalue weighted by molar-refractivity contribution is 8.27. The lowest BCUT2D eigenvalue weighted by Gasteiger charge is -2.20. The molecule has 0 aliphatic carbocycles. The lowest BCUT2D eigenvalue weighted by atomic mass is 10.0. The SMILES string of the molecule is CC(C)c1ccccc1N1C(=O)/C(=C/c2ccc(C#N)cc2)SC1=S. The third-order valence-electron chi connectivity index (χ3n) is 3.93. The third-order valence-corrected chi connectivity index (χ3v) is 5.23. The van der Waals surface area contributed by atoms with Crippen molar-refractivity contribution in [3.8, 4) is 6.07 Å². The summed E-state index contributed by atoms with van der Waals surface area (Å²) >= 11 is 6.77. The van der Waals surface area contributed by atoms with E-state index in [-0.39, 0.29) is 5.91 Å². The van der Waals surface area contributed by atoms with E-state index in [1.807, 2.05) is 42.5 Å². The molecule has 1 aliphatic heterocycles. The van der Waals surface area contributed by atoms with Gasteiger partial charge in [-0.1, -0.05) is 68.2 Å². The average Bonchev–Trinajstić information content (AvgIpc) is 2.89. The minimum absolute atomic E-state index is 0.104. The van der Waals surface area contributed by atoms with Crippen LogP contribution in [0.3, 0.4) is 0 Å². The van der Waals surface area contributed by atoms with E-state index in [0.717, 1.165) is 16.8 Å². The average molecular weight is 364 g/mol. The van der Waals surface area contributed by atoms with Gasteiger partial charge in [0, 0.05) is 0 Å². The number of anilines is 1. The first-order valence-corrected chi connectivity index (χ1v) is 9.11. The van der Waals surface area contributed by atoms with Crippen molar-refractivity contribution in [3.05, 3.63) is 70.1 Å². The van der Waals surface area contributed by atoms with E-state index in [1.165, 1.54) is 11.8 Å². The molecule has 0 unspecified atom stereocenters. The number of carbonyl (C=O) groups is 1.